The average Bonchev–Trinajstić information content (AvgIpc) is 2.85. The second-order valence-electron chi connectivity index (χ2n) is 6.22. The second-order valence-corrected chi connectivity index (χ2v) is 7.91. The molecule has 0 fully saturated rings. The monoisotopic (exact) mass is 403 g/mol. The van der Waals surface area contributed by atoms with Gasteiger partial charge in [0, 0.05) is 31.1 Å². The predicted octanol–water partition coefficient (Wildman–Crippen LogP) is 2.14. The Balaban J connectivity index is 2.04. The first-order chi connectivity index (χ1) is 12.5. The molecule has 2 atom stereocenters. The largest absolute Gasteiger partial charge is 0.485 e. The Kier molecular flexibility index (Phi) is 4.68. The van der Waals surface area contributed by atoms with Crippen LogP contribution in [0.5, 0.6) is 5.75 Å². The number of amides is 1. The van der Waals surface area contributed by atoms with Crippen molar-refractivity contribution in [1.29, 1.82) is 0 Å². The molecule has 0 unspecified atom stereocenters. The van der Waals surface area contributed by atoms with Crippen molar-refractivity contribution in [2.75, 3.05) is 5.32 Å². The first-order valence-corrected chi connectivity index (χ1v) is 9.33. The first kappa shape index (κ1) is 19.2. The van der Waals surface area contributed by atoms with Gasteiger partial charge in [0.05, 0.1) is 6.04 Å². The summed E-state index contributed by atoms with van der Waals surface area (Å²) in [7, 11) is -2.51. The molecule has 0 spiro atoms. The minimum Gasteiger partial charge on any atom is -0.485 e. The van der Waals surface area contributed by atoms with E-state index in [9.17, 15) is 26.4 Å². The van der Waals surface area contributed by atoms with Gasteiger partial charge in [-0.2, -0.15) is 0 Å². The molecule has 1 aliphatic rings. The molecule has 1 amide bonds. The fraction of sp³-hybridized carbons (Fsp3) is 0.312. The molecule has 27 heavy (non-hydrogen) atoms. The van der Waals surface area contributed by atoms with Gasteiger partial charge in [0.2, 0.25) is 10.0 Å². The molecular formula is C16H16F3N3O4S. The van der Waals surface area contributed by atoms with Crippen molar-refractivity contribution >= 4 is 21.6 Å². The van der Waals surface area contributed by atoms with Gasteiger partial charge in [-0.1, -0.05) is 0 Å². The van der Waals surface area contributed by atoms with Crippen LogP contribution in [0.15, 0.2) is 23.2 Å². The van der Waals surface area contributed by atoms with Crippen LogP contribution in [-0.4, -0.2) is 31.0 Å². The zero-order valence-electron chi connectivity index (χ0n) is 14.5. The van der Waals surface area contributed by atoms with E-state index in [2.05, 4.69) is 10.0 Å². The standard InChI is InChI=1S/C16H16F3N3O4S/c1-7-8(2)26-15-12(27(24,25)21-7)6-22(3)14(15)16(23)20-9-4-10(17)13(19)11(18)5-9/h4-8,21H,1-3H3,(H,20,23)/t7-,8+/m0/s1. The van der Waals surface area contributed by atoms with E-state index in [1.165, 1.54) is 17.8 Å². The number of hydrogen-bond acceptors (Lipinski definition) is 4. The minimum absolute atomic E-state index is 0.165. The number of hydrogen-bond donors (Lipinski definition) is 2. The van der Waals surface area contributed by atoms with Crippen molar-refractivity contribution < 1.29 is 31.1 Å². The van der Waals surface area contributed by atoms with Crippen LogP contribution in [0.1, 0.15) is 24.3 Å². The lowest BCUT2D eigenvalue weighted by Gasteiger charge is -2.18. The summed E-state index contributed by atoms with van der Waals surface area (Å²) in [6, 6.07) is 0.674. The summed E-state index contributed by atoms with van der Waals surface area (Å²) in [5, 5.41) is 2.22. The second kappa shape index (κ2) is 6.57. The van der Waals surface area contributed by atoms with E-state index in [4.69, 9.17) is 4.74 Å². The first-order valence-electron chi connectivity index (χ1n) is 7.85. The summed E-state index contributed by atoms with van der Waals surface area (Å²) in [6.07, 6.45) is 0.610. The number of aromatic nitrogens is 1. The number of carbonyl (C=O) groups is 1. The van der Waals surface area contributed by atoms with E-state index >= 15 is 0 Å². The maximum absolute atomic E-state index is 13.4. The van der Waals surface area contributed by atoms with Gasteiger partial charge in [0.15, 0.2) is 28.9 Å². The van der Waals surface area contributed by atoms with Gasteiger partial charge in [-0.3, -0.25) is 4.79 Å². The van der Waals surface area contributed by atoms with E-state index < -0.39 is 45.5 Å². The van der Waals surface area contributed by atoms with Gasteiger partial charge in [-0.25, -0.2) is 26.3 Å². The van der Waals surface area contributed by atoms with Crippen molar-refractivity contribution in [3.05, 3.63) is 41.5 Å². The predicted molar refractivity (Wildman–Crippen MR) is 89.6 cm³/mol. The SMILES string of the molecule is C[C@@H]1NS(=O)(=O)c2cn(C)c(C(=O)Nc3cc(F)c(F)c(F)c3)c2O[C@@H]1C. The number of rotatable bonds is 2. The number of halogens is 3. The number of nitrogens with zero attached hydrogens (tertiary/aromatic N) is 1. The number of sulfonamides is 1. The molecule has 2 heterocycles. The maximum atomic E-state index is 13.4. The van der Waals surface area contributed by atoms with Crippen molar-refractivity contribution in [2.24, 2.45) is 7.05 Å². The number of anilines is 1. The molecule has 1 aliphatic heterocycles. The van der Waals surface area contributed by atoms with E-state index in [1.807, 2.05) is 0 Å². The van der Waals surface area contributed by atoms with Gasteiger partial charge in [-0.15, -0.1) is 0 Å². The van der Waals surface area contributed by atoms with Crippen LogP contribution in [0, 0.1) is 17.5 Å². The highest BCUT2D eigenvalue weighted by Gasteiger charge is 2.36. The molecular weight excluding hydrogens is 387 g/mol. The molecule has 1 aromatic heterocycles. The van der Waals surface area contributed by atoms with Crippen molar-refractivity contribution in [1.82, 2.24) is 9.29 Å². The lowest BCUT2D eigenvalue weighted by molar-refractivity contribution is 0.101. The molecule has 0 radical (unpaired) electrons. The number of aryl methyl sites for hydroxylation is 1. The van der Waals surface area contributed by atoms with Crippen LogP contribution in [0.2, 0.25) is 0 Å². The molecule has 7 nitrogen and oxygen atoms in total. The van der Waals surface area contributed by atoms with E-state index in [0.717, 1.165) is 0 Å². The summed E-state index contributed by atoms with van der Waals surface area (Å²) in [6.45, 7) is 3.24. The van der Waals surface area contributed by atoms with Crippen molar-refractivity contribution in [3.63, 3.8) is 0 Å². The Morgan fingerprint density at radius 1 is 1.22 bits per heavy atom. The number of benzene rings is 1. The fourth-order valence-corrected chi connectivity index (χ4v) is 4.15. The summed E-state index contributed by atoms with van der Waals surface area (Å²) >= 11 is 0. The molecule has 3 rings (SSSR count). The highest BCUT2D eigenvalue weighted by molar-refractivity contribution is 7.89. The smallest absolute Gasteiger partial charge is 0.276 e. The molecule has 11 heteroatoms. The highest BCUT2D eigenvalue weighted by Crippen LogP contribution is 2.34. The lowest BCUT2D eigenvalue weighted by atomic mass is 10.2. The molecule has 0 saturated carbocycles. The lowest BCUT2D eigenvalue weighted by Crippen LogP contribution is -2.39. The van der Waals surface area contributed by atoms with Crippen LogP contribution in [0.3, 0.4) is 0 Å². The van der Waals surface area contributed by atoms with Gasteiger partial charge in [-0.05, 0) is 13.8 Å². The summed E-state index contributed by atoms with van der Waals surface area (Å²) in [4.78, 5) is 12.4. The fourth-order valence-electron chi connectivity index (χ4n) is 2.65. The van der Waals surface area contributed by atoms with Crippen molar-refractivity contribution in [3.8, 4) is 5.75 Å². The molecule has 2 N–H and O–H groups in total. The Morgan fingerprint density at radius 3 is 2.41 bits per heavy atom. The quantitative estimate of drug-likeness (QED) is 0.752. The van der Waals surface area contributed by atoms with Gasteiger partial charge in [0.1, 0.15) is 11.0 Å². The third-order valence-electron chi connectivity index (χ3n) is 4.20. The number of carbonyl (C=O) groups excluding carboxylic acids is 1. The third kappa shape index (κ3) is 3.39. The van der Waals surface area contributed by atoms with Crippen LogP contribution >= 0.6 is 0 Å². The van der Waals surface area contributed by atoms with Crippen LogP contribution in [-0.2, 0) is 17.1 Å². The van der Waals surface area contributed by atoms with Crippen LogP contribution < -0.4 is 14.8 Å². The zero-order chi connectivity index (χ0) is 20.1. The van der Waals surface area contributed by atoms with Gasteiger partial charge < -0.3 is 14.6 Å². The number of fused-ring (bicyclic) bond motifs is 1. The Morgan fingerprint density at radius 2 is 1.81 bits per heavy atom. The maximum Gasteiger partial charge on any atom is 0.276 e. The minimum atomic E-state index is -3.93. The van der Waals surface area contributed by atoms with E-state index in [0.29, 0.717) is 12.1 Å². The highest BCUT2D eigenvalue weighted by atomic mass is 32.2. The van der Waals surface area contributed by atoms with Gasteiger partial charge in [0.25, 0.3) is 5.91 Å². The zero-order valence-corrected chi connectivity index (χ0v) is 15.3. The molecule has 2 aromatic rings. The van der Waals surface area contributed by atoms with Crippen LogP contribution in [0.4, 0.5) is 18.9 Å². The molecule has 146 valence electrons. The number of nitrogens with one attached hydrogen (secondary N) is 2. The Bertz CT molecular complexity index is 1010. The molecule has 0 aliphatic carbocycles. The van der Waals surface area contributed by atoms with E-state index in [1.54, 1.807) is 13.8 Å². The Hall–Kier alpha value is -2.53. The molecule has 0 bridgehead atoms. The molecule has 0 saturated heterocycles. The average molecular weight is 403 g/mol. The topological polar surface area (TPSA) is 89.4 Å². The van der Waals surface area contributed by atoms with Gasteiger partial charge >= 0.3 is 0 Å². The normalized spacial score (nSPS) is 21.1. The third-order valence-corrected chi connectivity index (χ3v) is 5.75. The van der Waals surface area contributed by atoms with Crippen LogP contribution in [0.25, 0.3) is 0 Å². The molecule has 1 aromatic carbocycles. The van der Waals surface area contributed by atoms with Crippen molar-refractivity contribution in [2.45, 2.75) is 30.9 Å². The Labute approximate surface area is 153 Å². The summed E-state index contributed by atoms with van der Waals surface area (Å²) in [5.41, 5.74) is -0.496. The summed E-state index contributed by atoms with van der Waals surface area (Å²) < 4.78 is 74.0. The summed E-state index contributed by atoms with van der Waals surface area (Å²) in [5.74, 6) is -5.66. The number of ether oxygens (including phenoxy) is 1. The van der Waals surface area contributed by atoms with E-state index in [-0.39, 0.29) is 22.0 Å².